The van der Waals surface area contributed by atoms with Crippen LogP contribution in [-0.2, 0) is 10.2 Å². The van der Waals surface area contributed by atoms with Crippen molar-refractivity contribution in [3.63, 3.8) is 0 Å². The second kappa shape index (κ2) is 10.4. The lowest BCUT2D eigenvalue weighted by Crippen LogP contribution is -2.34. The Hall–Kier alpha value is -2.51. The third-order valence-electron chi connectivity index (χ3n) is 6.52. The number of carbonyl (C=O) groups excluding carboxylic acids is 2. The van der Waals surface area contributed by atoms with Crippen molar-refractivity contribution in [1.82, 2.24) is 14.8 Å². The van der Waals surface area contributed by atoms with Crippen molar-refractivity contribution < 1.29 is 14.7 Å². The van der Waals surface area contributed by atoms with E-state index in [-0.39, 0.29) is 16.8 Å². The van der Waals surface area contributed by atoms with E-state index in [1.807, 2.05) is 31.2 Å². The van der Waals surface area contributed by atoms with Crippen LogP contribution in [0.2, 0.25) is 0 Å². The van der Waals surface area contributed by atoms with E-state index in [9.17, 15) is 14.7 Å². The van der Waals surface area contributed by atoms with Gasteiger partial charge in [-0.2, -0.15) is 0 Å². The zero-order chi connectivity index (χ0) is 25.2. The first kappa shape index (κ1) is 26.1. The summed E-state index contributed by atoms with van der Waals surface area (Å²) in [4.78, 5) is 35.7. The minimum atomic E-state index is -0.618. The zero-order valence-electron chi connectivity index (χ0n) is 21.4. The van der Waals surface area contributed by atoms with Gasteiger partial charge in [-0.15, -0.1) is 11.3 Å². The molecular formula is C27H37N3O3S. The lowest BCUT2D eigenvalue weighted by molar-refractivity contribution is -0.129. The van der Waals surface area contributed by atoms with E-state index >= 15 is 0 Å². The molecule has 1 unspecified atom stereocenters. The van der Waals surface area contributed by atoms with E-state index in [1.54, 1.807) is 11.8 Å². The van der Waals surface area contributed by atoms with Crippen molar-refractivity contribution in [2.24, 2.45) is 0 Å². The van der Waals surface area contributed by atoms with E-state index in [0.717, 1.165) is 36.6 Å². The van der Waals surface area contributed by atoms with Crippen LogP contribution >= 0.6 is 11.3 Å². The third kappa shape index (κ3) is 5.26. The second-order valence-electron chi connectivity index (χ2n) is 9.89. The summed E-state index contributed by atoms with van der Waals surface area (Å²) in [6.07, 6.45) is 0.761. The fourth-order valence-electron chi connectivity index (χ4n) is 4.50. The van der Waals surface area contributed by atoms with Crippen LogP contribution in [-0.4, -0.2) is 57.8 Å². The number of thiazole rings is 1. The average Bonchev–Trinajstić information content (AvgIpc) is 3.26. The summed E-state index contributed by atoms with van der Waals surface area (Å²) >= 11 is 1.30. The number of aromatic nitrogens is 1. The van der Waals surface area contributed by atoms with Crippen molar-refractivity contribution in [3.8, 4) is 0 Å². The first-order valence-corrected chi connectivity index (χ1v) is 12.9. The summed E-state index contributed by atoms with van der Waals surface area (Å²) < 4.78 is 0. The molecule has 0 spiro atoms. The van der Waals surface area contributed by atoms with Crippen LogP contribution in [0.5, 0.6) is 0 Å². The normalized spacial score (nSPS) is 16.8. The molecule has 1 aliphatic rings. The number of amides is 1. The SMILES string of the molecule is CCN(CC)CCCN1C(=O)C(O)=C(C(=O)c2sc(C)nc2C)C1c1ccc(C(C)(C)C)cc1. The Bertz CT molecular complexity index is 1080. The summed E-state index contributed by atoms with van der Waals surface area (Å²) in [6, 6.07) is 7.44. The Kier molecular flexibility index (Phi) is 7.98. The third-order valence-corrected chi connectivity index (χ3v) is 7.59. The van der Waals surface area contributed by atoms with Crippen LogP contribution in [0.3, 0.4) is 0 Å². The number of nitrogens with zero attached hydrogens (tertiary/aromatic N) is 3. The number of aliphatic hydroxyl groups excluding tert-OH is 1. The Balaban J connectivity index is 2.01. The van der Waals surface area contributed by atoms with Crippen LogP contribution < -0.4 is 0 Å². The standard InChI is InChI=1S/C27H37N3O3S/c1-8-29(9-2)15-10-16-30-22(19-11-13-20(14-12-19)27(5,6)7)21(24(32)26(30)33)23(31)25-17(3)28-18(4)34-25/h11-14,22,32H,8-10,15-16H2,1-7H3. The van der Waals surface area contributed by atoms with Crippen molar-refractivity contribution in [2.75, 3.05) is 26.2 Å². The molecule has 6 nitrogen and oxygen atoms in total. The molecule has 2 aromatic rings. The molecule has 2 heterocycles. The molecule has 1 atom stereocenters. The molecule has 0 saturated carbocycles. The van der Waals surface area contributed by atoms with Gasteiger partial charge >= 0.3 is 0 Å². The van der Waals surface area contributed by atoms with Crippen molar-refractivity contribution in [3.05, 3.63) is 62.3 Å². The molecule has 0 radical (unpaired) electrons. The van der Waals surface area contributed by atoms with Crippen LogP contribution in [0.4, 0.5) is 0 Å². The Morgan fingerprint density at radius 2 is 1.76 bits per heavy atom. The molecular weight excluding hydrogens is 446 g/mol. The second-order valence-corrected chi connectivity index (χ2v) is 11.1. The number of carbonyl (C=O) groups is 2. The maximum Gasteiger partial charge on any atom is 0.290 e. The van der Waals surface area contributed by atoms with Gasteiger partial charge < -0.3 is 14.9 Å². The van der Waals surface area contributed by atoms with Gasteiger partial charge in [-0.25, -0.2) is 4.98 Å². The highest BCUT2D eigenvalue weighted by atomic mass is 32.1. The Morgan fingerprint density at radius 1 is 1.15 bits per heavy atom. The van der Waals surface area contributed by atoms with Gasteiger partial charge in [0.2, 0.25) is 5.78 Å². The summed E-state index contributed by atoms with van der Waals surface area (Å²) in [7, 11) is 0. The van der Waals surface area contributed by atoms with Crippen molar-refractivity contribution >= 4 is 23.0 Å². The van der Waals surface area contributed by atoms with E-state index in [4.69, 9.17) is 0 Å². The van der Waals surface area contributed by atoms with Gasteiger partial charge in [0, 0.05) is 6.54 Å². The average molecular weight is 484 g/mol. The highest BCUT2D eigenvalue weighted by molar-refractivity contribution is 7.14. The highest BCUT2D eigenvalue weighted by Crippen LogP contribution is 2.40. The first-order valence-electron chi connectivity index (χ1n) is 12.0. The lowest BCUT2D eigenvalue weighted by Gasteiger charge is -2.28. The zero-order valence-corrected chi connectivity index (χ0v) is 22.3. The minimum absolute atomic E-state index is 0.0125. The predicted octanol–water partition coefficient (Wildman–Crippen LogP) is 5.37. The molecule has 1 N–H and O–H groups in total. The van der Waals surface area contributed by atoms with Crippen molar-refractivity contribution in [2.45, 2.75) is 66.3 Å². The number of benzene rings is 1. The number of aliphatic hydroxyl groups is 1. The quantitative estimate of drug-likeness (QED) is 0.486. The number of hydrogen-bond acceptors (Lipinski definition) is 6. The van der Waals surface area contributed by atoms with Gasteiger partial charge in [0.05, 0.1) is 27.2 Å². The van der Waals surface area contributed by atoms with E-state index in [1.165, 1.54) is 16.9 Å². The number of rotatable bonds is 9. The lowest BCUT2D eigenvalue weighted by atomic mass is 9.85. The van der Waals surface area contributed by atoms with Gasteiger partial charge in [0.25, 0.3) is 5.91 Å². The monoisotopic (exact) mass is 483 g/mol. The molecule has 1 aliphatic heterocycles. The van der Waals surface area contributed by atoms with Crippen LogP contribution in [0.25, 0.3) is 0 Å². The highest BCUT2D eigenvalue weighted by Gasteiger charge is 2.44. The topological polar surface area (TPSA) is 73.7 Å². The minimum Gasteiger partial charge on any atom is -0.503 e. The number of ketones is 1. The molecule has 0 aliphatic carbocycles. The molecule has 0 saturated heterocycles. The van der Waals surface area contributed by atoms with E-state index in [0.29, 0.717) is 17.1 Å². The van der Waals surface area contributed by atoms with Crippen molar-refractivity contribution in [1.29, 1.82) is 0 Å². The van der Waals surface area contributed by atoms with Crippen LogP contribution in [0.1, 0.15) is 78.6 Å². The fourth-order valence-corrected chi connectivity index (χ4v) is 5.37. The van der Waals surface area contributed by atoms with Crippen LogP contribution in [0, 0.1) is 13.8 Å². The smallest absolute Gasteiger partial charge is 0.290 e. The largest absolute Gasteiger partial charge is 0.503 e. The molecule has 7 heteroatoms. The summed E-state index contributed by atoms with van der Waals surface area (Å²) in [5.74, 6) is -1.24. The van der Waals surface area contributed by atoms with Gasteiger partial charge in [-0.05, 0) is 56.4 Å². The number of aryl methyl sites for hydroxylation is 2. The van der Waals surface area contributed by atoms with Gasteiger partial charge in [0.1, 0.15) is 0 Å². The first-order chi connectivity index (χ1) is 16.0. The molecule has 1 aromatic carbocycles. The maximum atomic E-state index is 13.6. The molecule has 3 rings (SSSR count). The predicted molar refractivity (Wildman–Crippen MR) is 138 cm³/mol. The Labute approximate surface area is 207 Å². The molecule has 1 aromatic heterocycles. The van der Waals surface area contributed by atoms with Gasteiger partial charge in [0.15, 0.2) is 5.76 Å². The summed E-state index contributed by atoms with van der Waals surface area (Å²) in [6.45, 7) is 17.5. The van der Waals surface area contributed by atoms with Crippen LogP contribution in [0.15, 0.2) is 35.6 Å². The molecule has 1 amide bonds. The van der Waals surface area contributed by atoms with E-state index < -0.39 is 17.7 Å². The Morgan fingerprint density at radius 3 is 2.26 bits per heavy atom. The van der Waals surface area contributed by atoms with E-state index in [2.05, 4.69) is 44.5 Å². The number of Topliss-reactive ketones (excluding diaryl/α,β-unsaturated/α-hetero) is 1. The number of hydrogen-bond donors (Lipinski definition) is 1. The van der Waals surface area contributed by atoms with Gasteiger partial charge in [-0.1, -0.05) is 58.9 Å². The fraction of sp³-hybridized carbons (Fsp3) is 0.519. The maximum absolute atomic E-state index is 13.6. The van der Waals surface area contributed by atoms with Gasteiger partial charge in [-0.3, -0.25) is 9.59 Å². The molecule has 184 valence electrons. The summed E-state index contributed by atoms with van der Waals surface area (Å²) in [5.41, 5.74) is 2.77. The molecule has 0 bridgehead atoms. The molecule has 0 fully saturated rings. The molecule has 34 heavy (non-hydrogen) atoms. The summed E-state index contributed by atoms with van der Waals surface area (Å²) in [5, 5.41) is 11.7.